The van der Waals surface area contributed by atoms with Crippen molar-refractivity contribution in [2.75, 3.05) is 13.1 Å². The van der Waals surface area contributed by atoms with E-state index in [9.17, 15) is 8.42 Å². The Morgan fingerprint density at radius 3 is 2.10 bits per heavy atom. The normalized spacial score (nSPS) is 12.3. The summed E-state index contributed by atoms with van der Waals surface area (Å²) < 4.78 is 26.8. The Kier molecular flexibility index (Phi) is 6.65. The van der Waals surface area contributed by atoms with Crippen LogP contribution in [0.2, 0.25) is 0 Å². The first-order chi connectivity index (χ1) is 9.33. The summed E-state index contributed by atoms with van der Waals surface area (Å²) in [4.78, 5) is 0.332. The number of sulfonamides is 1. The lowest BCUT2D eigenvalue weighted by Crippen LogP contribution is -2.29. The number of hydrogen-bond acceptors (Lipinski definition) is 3. The fourth-order valence-electron chi connectivity index (χ4n) is 1.80. The lowest BCUT2D eigenvalue weighted by molar-refractivity contribution is 0.554. The third-order valence-electron chi connectivity index (χ3n) is 3.06. The molecule has 0 amide bonds. The minimum absolute atomic E-state index is 0.332. The second-order valence-corrected chi connectivity index (χ2v) is 7.35. The second kappa shape index (κ2) is 7.76. The Labute approximate surface area is 123 Å². The van der Waals surface area contributed by atoms with Crippen molar-refractivity contribution in [2.24, 2.45) is 0 Å². The van der Waals surface area contributed by atoms with Crippen molar-refractivity contribution in [3.05, 3.63) is 29.8 Å². The van der Waals surface area contributed by atoms with Gasteiger partial charge in [-0.3, -0.25) is 0 Å². The van der Waals surface area contributed by atoms with E-state index in [-0.39, 0.29) is 0 Å². The number of hydrogen-bond donors (Lipinski definition) is 2. The number of benzene rings is 1. The number of nitrogens with one attached hydrogen (secondary N) is 2. The van der Waals surface area contributed by atoms with Crippen LogP contribution in [0.3, 0.4) is 0 Å². The minimum Gasteiger partial charge on any atom is -0.314 e. The van der Waals surface area contributed by atoms with Gasteiger partial charge in [-0.25, -0.2) is 13.1 Å². The molecule has 5 heteroatoms. The van der Waals surface area contributed by atoms with Crippen molar-refractivity contribution < 1.29 is 8.42 Å². The van der Waals surface area contributed by atoms with Gasteiger partial charge in [-0.05, 0) is 36.6 Å². The molecular weight excluding hydrogens is 272 g/mol. The van der Waals surface area contributed by atoms with Crippen LogP contribution in [0.5, 0.6) is 0 Å². The van der Waals surface area contributed by atoms with Crippen molar-refractivity contribution in [1.82, 2.24) is 10.0 Å². The van der Waals surface area contributed by atoms with E-state index in [0.717, 1.165) is 18.5 Å². The summed E-state index contributed by atoms with van der Waals surface area (Å²) in [5.41, 5.74) is 1.14. The van der Waals surface area contributed by atoms with Gasteiger partial charge in [0.15, 0.2) is 0 Å². The van der Waals surface area contributed by atoms with Gasteiger partial charge in [0.2, 0.25) is 10.0 Å². The molecule has 0 aliphatic heterocycles. The summed E-state index contributed by atoms with van der Waals surface area (Å²) in [5.74, 6) is 0.404. The molecule has 20 heavy (non-hydrogen) atoms. The molecule has 4 nitrogen and oxygen atoms in total. The van der Waals surface area contributed by atoms with Gasteiger partial charge in [-0.1, -0.05) is 39.8 Å². The van der Waals surface area contributed by atoms with Crippen LogP contribution in [0, 0.1) is 0 Å². The Morgan fingerprint density at radius 1 is 1.00 bits per heavy atom. The predicted octanol–water partition coefficient (Wildman–Crippen LogP) is 2.48. The summed E-state index contributed by atoms with van der Waals surface area (Å²) in [7, 11) is -3.38. The van der Waals surface area contributed by atoms with Gasteiger partial charge in [0.1, 0.15) is 0 Å². The molecule has 1 aromatic rings. The molecule has 1 rings (SSSR count). The van der Waals surface area contributed by atoms with Crippen molar-refractivity contribution in [2.45, 2.75) is 51.0 Å². The van der Waals surface area contributed by atoms with Gasteiger partial charge >= 0.3 is 0 Å². The molecule has 0 aliphatic rings. The van der Waals surface area contributed by atoms with Crippen molar-refractivity contribution in [3.63, 3.8) is 0 Å². The topological polar surface area (TPSA) is 58.2 Å². The molecule has 0 bridgehead atoms. The third kappa shape index (κ3) is 5.61. The van der Waals surface area contributed by atoms with Crippen LogP contribution in [0.4, 0.5) is 0 Å². The molecule has 0 atom stereocenters. The summed E-state index contributed by atoms with van der Waals surface area (Å²) in [6.07, 6.45) is 0.779. The van der Waals surface area contributed by atoms with Crippen LogP contribution in [-0.2, 0) is 10.0 Å². The van der Waals surface area contributed by atoms with Crippen LogP contribution < -0.4 is 10.0 Å². The van der Waals surface area contributed by atoms with E-state index in [1.807, 2.05) is 12.1 Å². The van der Waals surface area contributed by atoms with E-state index in [4.69, 9.17) is 0 Å². The quantitative estimate of drug-likeness (QED) is 0.725. The summed E-state index contributed by atoms with van der Waals surface area (Å²) in [6.45, 7) is 9.58. The third-order valence-corrected chi connectivity index (χ3v) is 4.53. The van der Waals surface area contributed by atoms with E-state index >= 15 is 0 Å². The zero-order valence-electron chi connectivity index (χ0n) is 12.8. The van der Waals surface area contributed by atoms with Crippen LogP contribution in [0.25, 0.3) is 0 Å². The van der Waals surface area contributed by atoms with Crippen molar-refractivity contribution in [1.29, 1.82) is 0 Å². The van der Waals surface area contributed by atoms with Gasteiger partial charge in [0, 0.05) is 12.6 Å². The first-order valence-electron chi connectivity index (χ1n) is 7.16. The van der Waals surface area contributed by atoms with E-state index in [1.165, 1.54) is 0 Å². The molecule has 0 aliphatic carbocycles. The lowest BCUT2D eigenvalue weighted by Gasteiger charge is -2.10. The summed E-state index contributed by atoms with van der Waals surface area (Å²) in [5, 5.41) is 3.26. The molecule has 0 saturated carbocycles. The highest BCUT2D eigenvalue weighted by Gasteiger charge is 2.13. The average Bonchev–Trinajstić information content (AvgIpc) is 2.38. The first-order valence-corrected chi connectivity index (χ1v) is 8.64. The average molecular weight is 298 g/mol. The van der Waals surface area contributed by atoms with E-state index < -0.39 is 10.0 Å². The van der Waals surface area contributed by atoms with Gasteiger partial charge in [-0.15, -0.1) is 0 Å². The highest BCUT2D eigenvalue weighted by atomic mass is 32.2. The molecule has 0 fully saturated rings. The van der Waals surface area contributed by atoms with Crippen LogP contribution >= 0.6 is 0 Å². The summed E-state index contributed by atoms with van der Waals surface area (Å²) >= 11 is 0. The monoisotopic (exact) mass is 298 g/mol. The van der Waals surface area contributed by atoms with Gasteiger partial charge < -0.3 is 5.32 Å². The first kappa shape index (κ1) is 17.1. The maximum absolute atomic E-state index is 12.1. The maximum atomic E-state index is 12.1. The zero-order valence-corrected chi connectivity index (χ0v) is 13.6. The largest absolute Gasteiger partial charge is 0.314 e. The Hall–Kier alpha value is -0.910. The summed E-state index contributed by atoms with van der Waals surface area (Å²) in [6, 6.07) is 7.52. The minimum atomic E-state index is -3.38. The van der Waals surface area contributed by atoms with Crippen LogP contribution in [0.15, 0.2) is 29.2 Å². The van der Waals surface area contributed by atoms with Gasteiger partial charge in [0.05, 0.1) is 4.90 Å². The zero-order chi connectivity index (χ0) is 15.2. The Balaban J connectivity index is 2.52. The molecular formula is C15H26N2O2S. The fourth-order valence-corrected chi connectivity index (χ4v) is 2.87. The molecule has 114 valence electrons. The van der Waals surface area contributed by atoms with E-state index in [1.54, 1.807) is 12.1 Å². The Bertz CT molecular complexity index is 493. The molecule has 1 aromatic carbocycles. The molecule has 0 saturated heterocycles. The highest BCUT2D eigenvalue weighted by Crippen LogP contribution is 2.17. The second-order valence-electron chi connectivity index (χ2n) is 5.58. The van der Waals surface area contributed by atoms with Crippen molar-refractivity contribution in [3.8, 4) is 0 Å². The SMILES string of the molecule is CC(C)NCCCNS(=O)(=O)c1ccc(C(C)C)cc1. The lowest BCUT2D eigenvalue weighted by atomic mass is 10.0. The molecule has 0 unspecified atom stereocenters. The molecule has 0 radical (unpaired) electrons. The number of rotatable bonds is 8. The predicted molar refractivity (Wildman–Crippen MR) is 83.5 cm³/mol. The molecule has 2 N–H and O–H groups in total. The van der Waals surface area contributed by atoms with Gasteiger partial charge in [-0.2, -0.15) is 0 Å². The van der Waals surface area contributed by atoms with Crippen molar-refractivity contribution >= 4 is 10.0 Å². The van der Waals surface area contributed by atoms with E-state index in [0.29, 0.717) is 23.4 Å². The van der Waals surface area contributed by atoms with Gasteiger partial charge in [0.25, 0.3) is 0 Å². The smallest absolute Gasteiger partial charge is 0.240 e. The standard InChI is InChI=1S/C15H26N2O2S/c1-12(2)14-6-8-15(9-7-14)20(18,19)17-11-5-10-16-13(3)4/h6-9,12-13,16-17H,5,10-11H2,1-4H3. The molecule has 0 heterocycles. The highest BCUT2D eigenvalue weighted by molar-refractivity contribution is 7.89. The van der Waals surface area contributed by atoms with Crippen LogP contribution in [-0.4, -0.2) is 27.5 Å². The fraction of sp³-hybridized carbons (Fsp3) is 0.600. The van der Waals surface area contributed by atoms with E-state index in [2.05, 4.69) is 37.7 Å². The van der Waals surface area contributed by atoms with Crippen LogP contribution in [0.1, 0.15) is 45.6 Å². The molecule has 0 spiro atoms. The Morgan fingerprint density at radius 2 is 1.60 bits per heavy atom. The molecule has 0 aromatic heterocycles. The maximum Gasteiger partial charge on any atom is 0.240 e.